The molecule has 1 aliphatic rings. The molecule has 1 aliphatic heterocycles. The Morgan fingerprint density at radius 1 is 1.47 bits per heavy atom. The lowest BCUT2D eigenvalue weighted by Gasteiger charge is -2.16. The molecule has 1 amide bonds. The molecule has 15 heavy (non-hydrogen) atoms. The van der Waals surface area contributed by atoms with Gasteiger partial charge in [0.25, 0.3) is 0 Å². The second-order valence-electron chi connectivity index (χ2n) is 3.40. The number of carbonyl (C=O) groups excluding carboxylic acids is 1. The van der Waals surface area contributed by atoms with Crippen LogP contribution in [0.15, 0.2) is 22.7 Å². The van der Waals surface area contributed by atoms with Gasteiger partial charge in [-0.05, 0) is 34.1 Å². The van der Waals surface area contributed by atoms with Crippen LogP contribution in [0.3, 0.4) is 0 Å². The Bertz CT molecular complexity index is 410. The van der Waals surface area contributed by atoms with Crippen molar-refractivity contribution in [3.05, 3.63) is 27.7 Å². The quantitative estimate of drug-likeness (QED) is 0.728. The van der Waals surface area contributed by atoms with Crippen molar-refractivity contribution in [2.24, 2.45) is 0 Å². The van der Waals surface area contributed by atoms with Crippen molar-refractivity contribution in [1.29, 1.82) is 0 Å². The fourth-order valence-electron chi connectivity index (χ4n) is 1.57. The highest BCUT2D eigenvalue weighted by Crippen LogP contribution is 2.30. The second kappa shape index (κ2) is 4.32. The van der Waals surface area contributed by atoms with Gasteiger partial charge in [-0.2, -0.15) is 0 Å². The summed E-state index contributed by atoms with van der Waals surface area (Å²) in [5.74, 6) is 0.0494. The van der Waals surface area contributed by atoms with E-state index in [0.717, 1.165) is 10.2 Å². The molecule has 5 heteroatoms. The third-order valence-electron chi connectivity index (χ3n) is 2.29. The van der Waals surface area contributed by atoms with Crippen LogP contribution in [0.1, 0.15) is 6.42 Å². The number of benzene rings is 1. The summed E-state index contributed by atoms with van der Waals surface area (Å²) in [5.41, 5.74) is 0.802. The zero-order valence-corrected chi connectivity index (χ0v) is 10.8. The molecule has 0 aromatic heterocycles. The maximum atomic E-state index is 11.6. The van der Waals surface area contributed by atoms with Crippen molar-refractivity contribution in [3.63, 3.8) is 0 Å². The van der Waals surface area contributed by atoms with Gasteiger partial charge in [0.1, 0.15) is 0 Å². The number of rotatable bonds is 1. The van der Waals surface area contributed by atoms with Gasteiger partial charge in [0.2, 0.25) is 5.91 Å². The molecule has 2 nitrogen and oxygen atoms in total. The molecule has 1 atom stereocenters. The number of nitrogens with zero attached hydrogens (tertiary/aromatic N) is 1. The molecule has 1 aromatic rings. The van der Waals surface area contributed by atoms with E-state index in [1.807, 2.05) is 12.1 Å². The minimum atomic E-state index is -0.0973. The van der Waals surface area contributed by atoms with E-state index >= 15 is 0 Å². The number of hydrogen-bond acceptors (Lipinski definition) is 1. The Kier molecular flexibility index (Phi) is 3.24. The standard InChI is InChI=1S/C10H8BrCl2NO/c11-8-2-1-7(4-9(8)13)14-5-6(12)3-10(14)15/h1-2,4,6H,3,5H2. The maximum Gasteiger partial charge on any atom is 0.228 e. The Hall–Kier alpha value is -0.250. The van der Waals surface area contributed by atoms with Crippen LogP contribution in [0, 0.1) is 0 Å². The molecule has 0 N–H and O–H groups in total. The number of halogens is 3. The van der Waals surface area contributed by atoms with Gasteiger partial charge >= 0.3 is 0 Å². The third kappa shape index (κ3) is 2.30. The first kappa shape index (κ1) is 11.2. The summed E-state index contributed by atoms with van der Waals surface area (Å²) in [6.07, 6.45) is 0.398. The molecule has 2 rings (SSSR count). The van der Waals surface area contributed by atoms with E-state index in [2.05, 4.69) is 15.9 Å². The van der Waals surface area contributed by atoms with Gasteiger partial charge in [0, 0.05) is 23.1 Å². The zero-order valence-electron chi connectivity index (χ0n) is 7.71. The first-order chi connectivity index (χ1) is 7.08. The van der Waals surface area contributed by atoms with Crippen LogP contribution in [-0.2, 0) is 4.79 Å². The summed E-state index contributed by atoms with van der Waals surface area (Å²) in [6, 6.07) is 5.44. The number of anilines is 1. The van der Waals surface area contributed by atoms with E-state index in [1.165, 1.54) is 0 Å². The molecular formula is C10H8BrCl2NO. The van der Waals surface area contributed by atoms with E-state index in [-0.39, 0.29) is 11.3 Å². The number of carbonyl (C=O) groups is 1. The summed E-state index contributed by atoms with van der Waals surface area (Å²) >= 11 is 15.2. The SMILES string of the molecule is O=C1CC(Cl)CN1c1ccc(Br)c(Cl)c1. The van der Waals surface area contributed by atoms with Crippen molar-refractivity contribution < 1.29 is 4.79 Å². The molecule has 1 aromatic carbocycles. The normalized spacial score (nSPS) is 21.1. The first-order valence-electron chi connectivity index (χ1n) is 4.47. The Morgan fingerprint density at radius 2 is 2.20 bits per heavy atom. The van der Waals surface area contributed by atoms with Crippen LogP contribution in [-0.4, -0.2) is 17.8 Å². The van der Waals surface area contributed by atoms with Gasteiger partial charge in [0.15, 0.2) is 0 Å². The van der Waals surface area contributed by atoms with Gasteiger partial charge in [-0.25, -0.2) is 0 Å². The zero-order chi connectivity index (χ0) is 11.0. The highest BCUT2D eigenvalue weighted by molar-refractivity contribution is 9.10. The molecule has 80 valence electrons. The van der Waals surface area contributed by atoms with Gasteiger partial charge in [0.05, 0.1) is 10.4 Å². The van der Waals surface area contributed by atoms with E-state index in [9.17, 15) is 4.79 Å². The molecule has 1 fully saturated rings. The highest BCUT2D eigenvalue weighted by Gasteiger charge is 2.29. The van der Waals surface area contributed by atoms with Crippen molar-refractivity contribution in [2.75, 3.05) is 11.4 Å². The molecule has 0 spiro atoms. The third-order valence-corrected chi connectivity index (χ3v) is 3.82. The number of amides is 1. The van der Waals surface area contributed by atoms with Gasteiger partial charge in [-0.15, -0.1) is 11.6 Å². The summed E-state index contributed by atoms with van der Waals surface area (Å²) in [5, 5.41) is 0.498. The summed E-state index contributed by atoms with van der Waals surface area (Å²) in [4.78, 5) is 13.2. The van der Waals surface area contributed by atoms with Crippen LogP contribution >= 0.6 is 39.1 Å². The number of alkyl halides is 1. The minimum Gasteiger partial charge on any atom is -0.311 e. The Morgan fingerprint density at radius 3 is 2.73 bits per heavy atom. The van der Waals surface area contributed by atoms with Crippen LogP contribution < -0.4 is 4.90 Å². The summed E-state index contributed by atoms with van der Waals surface area (Å²) in [6.45, 7) is 0.554. The van der Waals surface area contributed by atoms with Gasteiger partial charge in [-0.1, -0.05) is 11.6 Å². The topological polar surface area (TPSA) is 20.3 Å². The fraction of sp³-hybridized carbons (Fsp3) is 0.300. The van der Waals surface area contributed by atoms with Gasteiger partial charge in [-0.3, -0.25) is 4.79 Å². The predicted molar refractivity (Wildman–Crippen MR) is 65.8 cm³/mol. The smallest absolute Gasteiger partial charge is 0.228 e. The molecule has 0 bridgehead atoms. The van der Waals surface area contributed by atoms with Crippen LogP contribution in [0.4, 0.5) is 5.69 Å². The monoisotopic (exact) mass is 307 g/mol. The van der Waals surface area contributed by atoms with E-state index < -0.39 is 0 Å². The fourth-order valence-corrected chi connectivity index (χ4v) is 2.26. The molecule has 0 radical (unpaired) electrons. The maximum absolute atomic E-state index is 11.6. The average Bonchev–Trinajstić information content (AvgIpc) is 2.50. The Balaban J connectivity index is 2.30. The molecule has 0 saturated carbocycles. The summed E-state index contributed by atoms with van der Waals surface area (Å²) < 4.78 is 0.821. The lowest BCUT2D eigenvalue weighted by Crippen LogP contribution is -2.24. The van der Waals surface area contributed by atoms with Crippen molar-refractivity contribution in [1.82, 2.24) is 0 Å². The van der Waals surface area contributed by atoms with E-state index in [1.54, 1.807) is 11.0 Å². The molecule has 0 aliphatic carbocycles. The second-order valence-corrected chi connectivity index (χ2v) is 5.28. The largest absolute Gasteiger partial charge is 0.311 e. The Labute approximate surface area is 106 Å². The molecule has 1 unspecified atom stereocenters. The van der Waals surface area contributed by atoms with Gasteiger partial charge < -0.3 is 4.90 Å². The van der Waals surface area contributed by atoms with Crippen LogP contribution in [0.2, 0.25) is 5.02 Å². The van der Waals surface area contributed by atoms with Crippen molar-refractivity contribution >= 4 is 50.7 Å². The lowest BCUT2D eigenvalue weighted by atomic mass is 10.3. The van der Waals surface area contributed by atoms with Crippen LogP contribution in [0.25, 0.3) is 0 Å². The van der Waals surface area contributed by atoms with E-state index in [4.69, 9.17) is 23.2 Å². The van der Waals surface area contributed by atoms with E-state index in [0.29, 0.717) is 18.0 Å². The average molecular weight is 309 g/mol. The molecular weight excluding hydrogens is 301 g/mol. The predicted octanol–water partition coefficient (Wildman–Crippen LogP) is 3.45. The first-order valence-corrected chi connectivity index (χ1v) is 6.08. The molecule has 1 heterocycles. The number of hydrogen-bond donors (Lipinski definition) is 0. The summed E-state index contributed by atoms with van der Waals surface area (Å²) in [7, 11) is 0. The highest BCUT2D eigenvalue weighted by atomic mass is 79.9. The van der Waals surface area contributed by atoms with Crippen molar-refractivity contribution in [2.45, 2.75) is 11.8 Å². The van der Waals surface area contributed by atoms with Crippen molar-refractivity contribution in [3.8, 4) is 0 Å². The lowest BCUT2D eigenvalue weighted by molar-refractivity contribution is -0.117. The van der Waals surface area contributed by atoms with Crippen LogP contribution in [0.5, 0.6) is 0 Å². The minimum absolute atomic E-state index is 0.0494. The molecule has 1 saturated heterocycles.